The van der Waals surface area contributed by atoms with E-state index in [4.69, 9.17) is 0 Å². The summed E-state index contributed by atoms with van der Waals surface area (Å²) in [6, 6.07) is 8.39. The second kappa shape index (κ2) is 5.98. The highest BCUT2D eigenvalue weighted by Gasteiger charge is 2.48. The Kier molecular flexibility index (Phi) is 4.54. The van der Waals surface area contributed by atoms with E-state index in [0.29, 0.717) is 0 Å². The van der Waals surface area contributed by atoms with E-state index < -0.39 is 24.3 Å². The lowest BCUT2D eigenvalue weighted by atomic mass is 10.1. The maximum atomic E-state index is 9.96. The molecule has 0 radical (unpaired) electrons. The fraction of sp³-hybridized carbons (Fsp3) is 0.571. The number of aliphatic hydroxyl groups is 4. The molecule has 5 atom stereocenters. The zero-order chi connectivity index (χ0) is 14.0. The van der Waals surface area contributed by atoms with Crippen LogP contribution >= 0.6 is 0 Å². The summed E-state index contributed by atoms with van der Waals surface area (Å²) in [6.07, 6.45) is -2.10. The first kappa shape index (κ1) is 14.4. The lowest BCUT2D eigenvalue weighted by Gasteiger charge is -2.34. The molecular weight excluding hydrogens is 246 g/mol. The van der Waals surface area contributed by atoms with Gasteiger partial charge in [-0.1, -0.05) is 30.3 Å². The molecule has 106 valence electrons. The zero-order valence-electron chi connectivity index (χ0n) is 10.9. The maximum absolute atomic E-state index is 9.96. The molecule has 5 heteroatoms. The van der Waals surface area contributed by atoms with Gasteiger partial charge in [0.05, 0.1) is 37.5 Å². The Morgan fingerprint density at radius 1 is 1.00 bits per heavy atom. The molecule has 1 aromatic carbocycles. The number of nitrogens with zero attached hydrogens (tertiary/aromatic N) is 1. The largest absolute Gasteiger partial charge is 0.395 e. The van der Waals surface area contributed by atoms with Gasteiger partial charge in [0.2, 0.25) is 0 Å². The summed E-state index contributed by atoms with van der Waals surface area (Å²) in [5.74, 6) is 0. The van der Waals surface area contributed by atoms with Gasteiger partial charge in [0.1, 0.15) is 0 Å². The number of aliphatic hydroxyl groups excluding tert-OH is 4. The molecular formula is C14H21NO4. The zero-order valence-corrected chi connectivity index (χ0v) is 10.9. The highest BCUT2D eigenvalue weighted by Crippen LogP contribution is 2.33. The highest BCUT2D eigenvalue weighted by molar-refractivity contribution is 5.20. The third-order valence-corrected chi connectivity index (χ3v) is 4.01. The van der Waals surface area contributed by atoms with E-state index in [2.05, 4.69) is 0 Å². The van der Waals surface area contributed by atoms with Crippen LogP contribution in [0.25, 0.3) is 0 Å². The van der Waals surface area contributed by atoms with Gasteiger partial charge in [0, 0.05) is 6.04 Å². The number of hydrogen-bond donors (Lipinski definition) is 4. The lowest BCUT2D eigenvalue weighted by Crippen LogP contribution is -2.44. The molecule has 0 unspecified atom stereocenters. The molecule has 0 spiro atoms. The van der Waals surface area contributed by atoms with E-state index in [9.17, 15) is 20.4 Å². The van der Waals surface area contributed by atoms with Gasteiger partial charge in [-0.3, -0.25) is 4.90 Å². The Morgan fingerprint density at radius 2 is 1.47 bits per heavy atom. The Hall–Kier alpha value is -0.980. The number of rotatable bonds is 4. The van der Waals surface area contributed by atoms with Crippen LogP contribution in [-0.2, 0) is 0 Å². The van der Waals surface area contributed by atoms with E-state index in [-0.39, 0.29) is 19.3 Å². The molecule has 0 saturated carbocycles. The van der Waals surface area contributed by atoms with Crippen LogP contribution < -0.4 is 0 Å². The molecule has 0 bridgehead atoms. The van der Waals surface area contributed by atoms with Crippen LogP contribution in [0.1, 0.15) is 18.5 Å². The van der Waals surface area contributed by atoms with Crippen molar-refractivity contribution in [3.63, 3.8) is 0 Å². The third kappa shape index (κ3) is 2.52. The van der Waals surface area contributed by atoms with Crippen molar-refractivity contribution >= 4 is 0 Å². The van der Waals surface area contributed by atoms with Gasteiger partial charge >= 0.3 is 0 Å². The van der Waals surface area contributed by atoms with Crippen molar-refractivity contribution in [1.29, 1.82) is 0 Å². The predicted octanol–water partition coefficient (Wildman–Crippen LogP) is -0.493. The molecule has 1 fully saturated rings. The van der Waals surface area contributed by atoms with Crippen LogP contribution in [0.5, 0.6) is 0 Å². The summed E-state index contributed by atoms with van der Waals surface area (Å²) in [5, 5.41) is 38.8. The van der Waals surface area contributed by atoms with Gasteiger partial charge in [0.15, 0.2) is 0 Å². The topological polar surface area (TPSA) is 84.2 Å². The van der Waals surface area contributed by atoms with Crippen molar-refractivity contribution in [2.24, 2.45) is 0 Å². The van der Waals surface area contributed by atoms with Gasteiger partial charge in [0.25, 0.3) is 0 Å². The molecule has 0 amide bonds. The van der Waals surface area contributed by atoms with Crippen LogP contribution in [0.3, 0.4) is 0 Å². The molecule has 1 heterocycles. The molecule has 0 aliphatic carbocycles. The summed E-state index contributed by atoms with van der Waals surface area (Å²) in [6.45, 7) is 1.42. The third-order valence-electron chi connectivity index (χ3n) is 4.01. The monoisotopic (exact) mass is 267 g/mol. The predicted molar refractivity (Wildman–Crippen MR) is 70.5 cm³/mol. The molecule has 1 aliphatic heterocycles. The molecule has 1 aliphatic rings. The minimum Gasteiger partial charge on any atom is -0.395 e. The molecule has 19 heavy (non-hydrogen) atoms. The normalized spacial score (nSPS) is 33.5. The smallest absolute Gasteiger partial charge is 0.0992 e. The average Bonchev–Trinajstić information content (AvgIpc) is 2.70. The first-order chi connectivity index (χ1) is 9.11. The molecule has 2 rings (SSSR count). The Morgan fingerprint density at radius 3 is 1.89 bits per heavy atom. The summed E-state index contributed by atoms with van der Waals surface area (Å²) in [4.78, 5) is 1.80. The number of hydrogen-bond acceptors (Lipinski definition) is 5. The average molecular weight is 267 g/mol. The molecule has 0 aromatic heterocycles. The van der Waals surface area contributed by atoms with Gasteiger partial charge < -0.3 is 20.4 Å². The fourth-order valence-electron chi connectivity index (χ4n) is 2.94. The van der Waals surface area contributed by atoms with Crippen LogP contribution in [-0.4, -0.2) is 62.8 Å². The molecule has 4 N–H and O–H groups in total. The minimum absolute atomic E-state index is 0.109. The minimum atomic E-state index is -1.05. The molecule has 1 saturated heterocycles. The van der Waals surface area contributed by atoms with Gasteiger partial charge in [-0.05, 0) is 12.5 Å². The quantitative estimate of drug-likeness (QED) is 0.591. The van der Waals surface area contributed by atoms with E-state index in [1.165, 1.54) is 0 Å². The SMILES string of the molecule is C[C@@H](c1ccccc1)N1[C@H](CO)[C@@H](O)[C@H](O)[C@H]1CO. The van der Waals surface area contributed by atoms with E-state index in [1.807, 2.05) is 37.3 Å². The Bertz CT molecular complexity index is 384. The van der Waals surface area contributed by atoms with Crippen molar-refractivity contribution in [2.45, 2.75) is 37.3 Å². The first-order valence-electron chi connectivity index (χ1n) is 6.52. The van der Waals surface area contributed by atoms with Crippen LogP contribution in [0.4, 0.5) is 0 Å². The van der Waals surface area contributed by atoms with Crippen LogP contribution in [0, 0.1) is 0 Å². The number of benzene rings is 1. The summed E-state index contributed by atoms with van der Waals surface area (Å²) >= 11 is 0. The van der Waals surface area contributed by atoms with Crippen molar-refractivity contribution in [1.82, 2.24) is 4.90 Å². The number of likely N-dealkylation sites (tertiary alicyclic amines) is 1. The Balaban J connectivity index is 2.29. The molecule has 5 nitrogen and oxygen atoms in total. The van der Waals surface area contributed by atoms with E-state index in [0.717, 1.165) is 5.56 Å². The van der Waals surface area contributed by atoms with E-state index >= 15 is 0 Å². The molecule has 1 aromatic rings. The van der Waals surface area contributed by atoms with Gasteiger partial charge in [-0.15, -0.1) is 0 Å². The second-order valence-electron chi connectivity index (χ2n) is 5.01. The van der Waals surface area contributed by atoms with E-state index in [1.54, 1.807) is 4.90 Å². The van der Waals surface area contributed by atoms with Crippen molar-refractivity contribution in [2.75, 3.05) is 13.2 Å². The van der Waals surface area contributed by atoms with Crippen LogP contribution in [0.15, 0.2) is 30.3 Å². The van der Waals surface area contributed by atoms with Gasteiger partial charge in [-0.2, -0.15) is 0 Å². The summed E-state index contributed by atoms with van der Waals surface area (Å²) in [7, 11) is 0. The fourth-order valence-corrected chi connectivity index (χ4v) is 2.94. The highest BCUT2D eigenvalue weighted by atomic mass is 16.3. The summed E-state index contributed by atoms with van der Waals surface area (Å²) < 4.78 is 0. The first-order valence-corrected chi connectivity index (χ1v) is 6.52. The van der Waals surface area contributed by atoms with Gasteiger partial charge in [-0.25, -0.2) is 0 Å². The maximum Gasteiger partial charge on any atom is 0.0992 e. The van der Waals surface area contributed by atoms with Crippen molar-refractivity contribution in [3.8, 4) is 0 Å². The standard InChI is InChI=1S/C14H21NO4/c1-9(10-5-3-2-4-6-10)15-11(7-16)13(18)14(19)12(15)8-17/h2-6,9,11-14,16-19H,7-8H2,1H3/t9-,11+,12+,13+,14+/m0/s1. The summed E-state index contributed by atoms with van der Waals surface area (Å²) in [5.41, 5.74) is 1.01. The second-order valence-corrected chi connectivity index (χ2v) is 5.01. The van der Waals surface area contributed by atoms with Crippen LogP contribution in [0.2, 0.25) is 0 Å². The Labute approximate surface area is 112 Å². The van der Waals surface area contributed by atoms with Crippen molar-refractivity contribution in [3.05, 3.63) is 35.9 Å². The lowest BCUT2D eigenvalue weighted by molar-refractivity contribution is 0.0130. The van der Waals surface area contributed by atoms with Crippen molar-refractivity contribution < 1.29 is 20.4 Å².